The molecule has 3 heterocycles. The number of carbonyl (C=O) groups excluding carboxylic acids is 1. The number of hydrogen-bond donors (Lipinski definition) is 0. The fraction of sp³-hybridized carbons (Fsp3) is 0.759. The lowest BCUT2D eigenvalue weighted by Gasteiger charge is -2.42. The largest absolute Gasteiger partial charge is 0.497 e. The molecule has 0 bridgehead atoms. The third kappa shape index (κ3) is 7.94. The lowest BCUT2D eigenvalue weighted by molar-refractivity contribution is -0.138. The van der Waals surface area contributed by atoms with Gasteiger partial charge in [0.15, 0.2) is 0 Å². The fourth-order valence-electron chi connectivity index (χ4n) is 6.08. The number of rotatable bonds is 8. The van der Waals surface area contributed by atoms with Crippen molar-refractivity contribution in [1.29, 1.82) is 0 Å². The van der Waals surface area contributed by atoms with E-state index in [9.17, 15) is 13.2 Å². The van der Waals surface area contributed by atoms with E-state index in [0.29, 0.717) is 34.4 Å². The number of aryl methyl sites for hydroxylation is 2. The lowest BCUT2D eigenvalue weighted by atomic mass is 10.0. The van der Waals surface area contributed by atoms with E-state index in [1.54, 1.807) is 23.5 Å². The number of amides is 1. The predicted octanol–water partition coefficient (Wildman–Crippen LogP) is 3.14. The first-order valence-corrected chi connectivity index (χ1v) is 16.1. The number of ether oxygens (including phenoxy) is 2. The second kappa shape index (κ2) is 14.8. The molecular weight excluding hydrogens is 516 g/mol. The van der Waals surface area contributed by atoms with Gasteiger partial charge in [0, 0.05) is 44.8 Å². The highest BCUT2D eigenvalue weighted by Crippen LogP contribution is 2.32. The van der Waals surface area contributed by atoms with Crippen LogP contribution in [0, 0.1) is 13.8 Å². The standard InChI is InChI=1S/C27H44N4O5S.C2H6/c1-21-17-25(35-4)18-22(2)27(21)37(33,34)31-10-6-5-7-24(31)19-36-20-26(32)30-15-13-29(14-16-30)23-8-11-28(3)12-9-23;1-2/h17-18,23-24H,5-16,19-20H2,1-4H3;1-2H3. The predicted molar refractivity (Wildman–Crippen MR) is 155 cm³/mol. The van der Waals surface area contributed by atoms with Gasteiger partial charge < -0.3 is 19.3 Å². The van der Waals surface area contributed by atoms with Crippen molar-refractivity contribution in [3.05, 3.63) is 23.3 Å². The van der Waals surface area contributed by atoms with E-state index < -0.39 is 10.0 Å². The Bertz CT molecular complexity index is 1010. The van der Waals surface area contributed by atoms with Gasteiger partial charge in [0.05, 0.1) is 18.6 Å². The summed E-state index contributed by atoms with van der Waals surface area (Å²) in [5.74, 6) is 0.647. The molecule has 0 radical (unpaired) electrons. The van der Waals surface area contributed by atoms with Crippen LogP contribution < -0.4 is 4.74 Å². The van der Waals surface area contributed by atoms with Crippen LogP contribution in [0.25, 0.3) is 0 Å². The fourth-order valence-corrected chi connectivity index (χ4v) is 8.17. The van der Waals surface area contributed by atoms with Gasteiger partial charge in [-0.05, 0) is 82.9 Å². The molecule has 3 aliphatic rings. The first kappa shape index (κ1) is 31.8. The second-order valence-corrected chi connectivity index (χ2v) is 12.6. The van der Waals surface area contributed by atoms with Gasteiger partial charge in [0.2, 0.25) is 15.9 Å². The maximum absolute atomic E-state index is 13.7. The zero-order chi connectivity index (χ0) is 28.6. The molecule has 39 heavy (non-hydrogen) atoms. The number of methoxy groups -OCH3 is 1. The van der Waals surface area contributed by atoms with Crippen molar-refractivity contribution in [2.24, 2.45) is 0 Å². The number of carbonyl (C=O) groups is 1. The molecule has 1 atom stereocenters. The molecule has 0 aliphatic carbocycles. The Balaban J connectivity index is 0.00000205. The number of piperidine rings is 2. The van der Waals surface area contributed by atoms with Gasteiger partial charge in [-0.3, -0.25) is 9.69 Å². The van der Waals surface area contributed by atoms with Crippen LogP contribution >= 0.6 is 0 Å². The molecular formula is C29H50N4O5S. The molecule has 1 aromatic rings. The van der Waals surface area contributed by atoms with Crippen LogP contribution in [0.4, 0.5) is 0 Å². The second-order valence-electron chi connectivity index (χ2n) is 10.8. The van der Waals surface area contributed by atoms with Crippen molar-refractivity contribution in [3.63, 3.8) is 0 Å². The van der Waals surface area contributed by atoms with Crippen LogP contribution in [-0.4, -0.2) is 119 Å². The third-order valence-corrected chi connectivity index (χ3v) is 10.5. The van der Waals surface area contributed by atoms with Gasteiger partial charge in [-0.25, -0.2) is 8.42 Å². The molecule has 222 valence electrons. The Morgan fingerprint density at radius 2 is 1.54 bits per heavy atom. The van der Waals surface area contributed by atoms with E-state index in [4.69, 9.17) is 9.47 Å². The third-order valence-electron chi connectivity index (χ3n) is 8.22. The molecule has 4 rings (SSSR count). The summed E-state index contributed by atoms with van der Waals surface area (Å²) in [7, 11) is 0.0619. The summed E-state index contributed by atoms with van der Waals surface area (Å²) < 4.78 is 40.2. The van der Waals surface area contributed by atoms with Gasteiger partial charge in [-0.1, -0.05) is 20.3 Å². The lowest BCUT2D eigenvalue weighted by Crippen LogP contribution is -2.54. The first-order chi connectivity index (χ1) is 18.7. The normalized spacial score (nSPS) is 22.3. The molecule has 1 aromatic carbocycles. The smallest absolute Gasteiger partial charge is 0.248 e. The van der Waals surface area contributed by atoms with Gasteiger partial charge in [0.1, 0.15) is 12.4 Å². The minimum atomic E-state index is -3.70. The first-order valence-electron chi connectivity index (χ1n) is 14.7. The molecule has 0 spiro atoms. The van der Waals surface area contributed by atoms with Gasteiger partial charge in [0.25, 0.3) is 0 Å². The average Bonchev–Trinajstić information content (AvgIpc) is 2.94. The highest BCUT2D eigenvalue weighted by molar-refractivity contribution is 7.89. The molecule has 3 saturated heterocycles. The van der Waals surface area contributed by atoms with Crippen LogP contribution in [0.2, 0.25) is 0 Å². The van der Waals surface area contributed by atoms with Gasteiger partial charge in [-0.15, -0.1) is 0 Å². The van der Waals surface area contributed by atoms with Crippen LogP contribution in [-0.2, 0) is 19.6 Å². The average molecular weight is 567 g/mol. The van der Waals surface area contributed by atoms with Crippen LogP contribution in [0.5, 0.6) is 5.75 Å². The van der Waals surface area contributed by atoms with Crippen molar-refractivity contribution < 1.29 is 22.7 Å². The summed E-state index contributed by atoms with van der Waals surface area (Å²) in [6, 6.07) is 3.89. The van der Waals surface area contributed by atoms with Crippen molar-refractivity contribution >= 4 is 15.9 Å². The molecule has 1 amide bonds. The zero-order valence-corrected chi connectivity index (χ0v) is 25.8. The Hall–Kier alpha value is -1.72. The van der Waals surface area contributed by atoms with Crippen molar-refractivity contribution in [2.75, 3.05) is 73.2 Å². The summed E-state index contributed by atoms with van der Waals surface area (Å²) in [4.78, 5) is 20.0. The summed E-state index contributed by atoms with van der Waals surface area (Å²) in [5.41, 5.74) is 1.35. The van der Waals surface area contributed by atoms with Crippen LogP contribution in [0.1, 0.15) is 57.1 Å². The summed E-state index contributed by atoms with van der Waals surface area (Å²) in [6.45, 7) is 13.9. The van der Waals surface area contributed by atoms with E-state index in [-0.39, 0.29) is 25.2 Å². The Labute approximate surface area is 236 Å². The number of nitrogens with zero attached hydrogens (tertiary/aromatic N) is 4. The molecule has 10 heteroatoms. The van der Waals surface area contributed by atoms with E-state index in [0.717, 1.165) is 58.5 Å². The van der Waals surface area contributed by atoms with E-state index in [1.807, 2.05) is 32.6 Å². The molecule has 3 fully saturated rings. The SMILES string of the molecule is CC.COc1cc(C)c(S(=O)(=O)N2CCCCC2COCC(=O)N2CCN(C3CCN(C)CC3)CC2)c(C)c1. The Kier molecular flexibility index (Phi) is 12.1. The van der Waals surface area contributed by atoms with Crippen molar-refractivity contribution in [2.45, 2.75) is 76.8 Å². The molecule has 0 saturated carbocycles. The quantitative estimate of drug-likeness (QED) is 0.478. The van der Waals surface area contributed by atoms with E-state index in [2.05, 4.69) is 16.8 Å². The number of piperazine rings is 1. The molecule has 1 unspecified atom stereocenters. The maximum Gasteiger partial charge on any atom is 0.248 e. The Morgan fingerprint density at radius 3 is 2.13 bits per heavy atom. The topological polar surface area (TPSA) is 82.6 Å². The maximum atomic E-state index is 13.7. The van der Waals surface area contributed by atoms with Crippen LogP contribution in [0.3, 0.4) is 0 Å². The van der Waals surface area contributed by atoms with E-state index >= 15 is 0 Å². The van der Waals surface area contributed by atoms with Crippen LogP contribution in [0.15, 0.2) is 17.0 Å². The van der Waals surface area contributed by atoms with Crippen molar-refractivity contribution in [3.8, 4) is 5.75 Å². The minimum absolute atomic E-state index is 0.000791. The number of benzene rings is 1. The number of likely N-dealkylation sites (tertiary alicyclic amines) is 1. The number of hydrogen-bond acceptors (Lipinski definition) is 7. The molecule has 0 aromatic heterocycles. The molecule has 0 N–H and O–H groups in total. The summed E-state index contributed by atoms with van der Waals surface area (Å²) in [6.07, 6.45) is 4.91. The Morgan fingerprint density at radius 1 is 0.923 bits per heavy atom. The van der Waals surface area contributed by atoms with Gasteiger partial charge in [-0.2, -0.15) is 4.31 Å². The summed E-state index contributed by atoms with van der Waals surface area (Å²) in [5, 5.41) is 0. The van der Waals surface area contributed by atoms with Gasteiger partial charge >= 0.3 is 0 Å². The minimum Gasteiger partial charge on any atom is -0.497 e. The highest BCUT2D eigenvalue weighted by atomic mass is 32.2. The summed E-state index contributed by atoms with van der Waals surface area (Å²) >= 11 is 0. The van der Waals surface area contributed by atoms with E-state index in [1.165, 1.54) is 12.8 Å². The zero-order valence-electron chi connectivity index (χ0n) is 24.9. The number of sulfonamides is 1. The van der Waals surface area contributed by atoms with Crippen molar-refractivity contribution in [1.82, 2.24) is 19.0 Å². The monoisotopic (exact) mass is 566 g/mol. The highest BCUT2D eigenvalue weighted by Gasteiger charge is 2.36. The molecule has 9 nitrogen and oxygen atoms in total. The molecule has 3 aliphatic heterocycles.